The molecular formula is C68H47N. The molecule has 1 nitrogen and oxygen atoms in total. The van der Waals surface area contributed by atoms with Crippen LogP contribution in [0.2, 0.25) is 0 Å². The summed E-state index contributed by atoms with van der Waals surface area (Å²) < 4.78 is 0. The molecule has 0 aliphatic heterocycles. The number of allylic oxidation sites excluding steroid dienone is 4. The van der Waals surface area contributed by atoms with Gasteiger partial charge in [-0.2, -0.15) is 0 Å². The van der Waals surface area contributed by atoms with Crippen LogP contribution in [0.1, 0.15) is 44.5 Å². The van der Waals surface area contributed by atoms with Gasteiger partial charge in [0.25, 0.3) is 0 Å². The quantitative estimate of drug-likeness (QED) is 0.147. The van der Waals surface area contributed by atoms with E-state index in [1.807, 2.05) is 6.08 Å². The van der Waals surface area contributed by atoms with E-state index in [4.69, 9.17) is 0 Å². The van der Waals surface area contributed by atoms with Gasteiger partial charge in [0, 0.05) is 17.1 Å². The van der Waals surface area contributed by atoms with Crippen LogP contribution in [0, 0.1) is 0 Å². The maximum absolute atomic E-state index is 4.48. The van der Waals surface area contributed by atoms with Crippen LogP contribution < -0.4 is 4.90 Å². The lowest BCUT2D eigenvalue weighted by atomic mass is 9.63. The number of rotatable bonds is 8. The van der Waals surface area contributed by atoms with E-state index >= 15 is 0 Å². The molecule has 0 saturated carbocycles. The zero-order valence-corrected chi connectivity index (χ0v) is 38.2. The number of benzene rings is 10. The molecule has 0 heterocycles. The van der Waals surface area contributed by atoms with Gasteiger partial charge in [-0.05, 0) is 137 Å². The summed E-state index contributed by atoms with van der Waals surface area (Å²) in [5.74, 6) is 0. The molecule has 3 aliphatic rings. The maximum atomic E-state index is 4.48. The topological polar surface area (TPSA) is 3.24 Å². The van der Waals surface area contributed by atoms with Gasteiger partial charge in [0.2, 0.25) is 0 Å². The highest BCUT2D eigenvalue weighted by molar-refractivity contribution is 5.99. The normalized spacial score (nSPS) is 14.1. The molecule has 0 N–H and O–H groups in total. The Bertz CT molecular complexity index is 3570. The molecule has 10 aromatic carbocycles. The van der Waals surface area contributed by atoms with Crippen LogP contribution in [0.15, 0.2) is 280 Å². The molecule has 10 aromatic rings. The van der Waals surface area contributed by atoms with Crippen molar-refractivity contribution in [2.75, 3.05) is 4.90 Å². The van der Waals surface area contributed by atoms with Crippen LogP contribution >= 0.6 is 0 Å². The van der Waals surface area contributed by atoms with E-state index in [9.17, 15) is 0 Å². The van der Waals surface area contributed by atoms with E-state index < -0.39 is 10.8 Å². The third-order valence-electron chi connectivity index (χ3n) is 15.2. The van der Waals surface area contributed by atoms with Gasteiger partial charge < -0.3 is 4.90 Å². The van der Waals surface area contributed by atoms with Crippen LogP contribution in [0.4, 0.5) is 17.1 Å². The van der Waals surface area contributed by atoms with Gasteiger partial charge in [-0.25, -0.2) is 0 Å². The second kappa shape index (κ2) is 15.9. The summed E-state index contributed by atoms with van der Waals surface area (Å²) in [6.45, 7) is 8.87. The van der Waals surface area contributed by atoms with Crippen LogP contribution in [0.3, 0.4) is 0 Å². The average molecular weight is 878 g/mol. The SMILES string of the molecule is C=CC1=C(C=C)C2(c3cc(N(c4ccc(-c5ccccc5)cc4)c4ccc(C5(c6ccccc6)c6ccccc6-c6ccccc6-c6ccccc65)cc4)ccc31)c1ccccc1-c1ccccc12. The first-order chi connectivity index (χ1) is 34.2. The summed E-state index contributed by atoms with van der Waals surface area (Å²) in [6, 6.07) is 92.0. The van der Waals surface area contributed by atoms with Crippen molar-refractivity contribution in [1.82, 2.24) is 0 Å². The largest absolute Gasteiger partial charge is 0.310 e. The van der Waals surface area contributed by atoms with E-state index in [0.717, 1.165) is 22.6 Å². The Labute approximate surface area is 405 Å². The number of nitrogens with zero attached hydrogens (tertiary/aromatic N) is 1. The van der Waals surface area contributed by atoms with Crippen molar-refractivity contribution >= 4 is 22.6 Å². The summed E-state index contributed by atoms with van der Waals surface area (Å²) in [6.07, 6.45) is 4.09. The van der Waals surface area contributed by atoms with Gasteiger partial charge in [-0.3, -0.25) is 0 Å². The summed E-state index contributed by atoms with van der Waals surface area (Å²) in [5.41, 5.74) is 24.1. The van der Waals surface area contributed by atoms with Crippen molar-refractivity contribution in [2.24, 2.45) is 0 Å². The number of hydrogen-bond acceptors (Lipinski definition) is 1. The fraction of sp³-hybridized carbons (Fsp3) is 0.0294. The molecule has 324 valence electrons. The first-order valence-electron chi connectivity index (χ1n) is 23.9. The number of hydrogen-bond donors (Lipinski definition) is 0. The van der Waals surface area contributed by atoms with Gasteiger partial charge in [-0.15, -0.1) is 0 Å². The zero-order valence-electron chi connectivity index (χ0n) is 38.2. The first-order valence-corrected chi connectivity index (χ1v) is 23.9. The van der Waals surface area contributed by atoms with Crippen molar-refractivity contribution in [1.29, 1.82) is 0 Å². The first kappa shape index (κ1) is 40.5. The predicted octanol–water partition coefficient (Wildman–Crippen LogP) is 17.3. The highest BCUT2D eigenvalue weighted by atomic mass is 15.1. The van der Waals surface area contributed by atoms with Gasteiger partial charge in [0.05, 0.1) is 10.8 Å². The van der Waals surface area contributed by atoms with E-state index in [2.05, 4.69) is 273 Å². The second-order valence-electron chi connectivity index (χ2n) is 18.4. The highest BCUT2D eigenvalue weighted by Crippen LogP contribution is 2.63. The van der Waals surface area contributed by atoms with Crippen molar-refractivity contribution in [3.8, 4) is 44.5 Å². The predicted molar refractivity (Wildman–Crippen MR) is 288 cm³/mol. The molecule has 1 heteroatoms. The van der Waals surface area contributed by atoms with E-state index in [1.165, 1.54) is 94.6 Å². The minimum atomic E-state index is -0.634. The molecule has 0 bridgehead atoms. The van der Waals surface area contributed by atoms with Gasteiger partial charge in [-0.1, -0.05) is 238 Å². The molecule has 1 spiro atoms. The van der Waals surface area contributed by atoms with E-state index in [-0.39, 0.29) is 0 Å². The molecule has 0 radical (unpaired) electrons. The molecule has 0 unspecified atom stereocenters. The van der Waals surface area contributed by atoms with E-state index in [1.54, 1.807) is 0 Å². The van der Waals surface area contributed by atoms with Crippen LogP contribution in [-0.4, -0.2) is 0 Å². The molecule has 0 amide bonds. The maximum Gasteiger partial charge on any atom is 0.0726 e. The van der Waals surface area contributed by atoms with Crippen molar-refractivity contribution in [3.05, 3.63) is 324 Å². The molecule has 13 rings (SSSR count). The van der Waals surface area contributed by atoms with Crippen LogP contribution in [0.5, 0.6) is 0 Å². The second-order valence-corrected chi connectivity index (χ2v) is 18.4. The fourth-order valence-electron chi connectivity index (χ4n) is 12.4. The van der Waals surface area contributed by atoms with Crippen molar-refractivity contribution < 1.29 is 0 Å². The van der Waals surface area contributed by atoms with Crippen molar-refractivity contribution in [2.45, 2.75) is 10.8 Å². The lowest BCUT2D eigenvalue weighted by Gasteiger charge is -2.38. The zero-order chi connectivity index (χ0) is 46.1. The Hall–Kier alpha value is -8.78. The smallest absolute Gasteiger partial charge is 0.0726 e. The lowest BCUT2D eigenvalue weighted by molar-refractivity contribution is 0.751. The van der Waals surface area contributed by atoms with Gasteiger partial charge in [0.15, 0.2) is 0 Å². The summed E-state index contributed by atoms with van der Waals surface area (Å²) in [5, 5.41) is 0. The molecule has 3 aliphatic carbocycles. The Morgan fingerprint density at radius 2 is 0.681 bits per heavy atom. The Morgan fingerprint density at radius 3 is 1.19 bits per heavy atom. The monoisotopic (exact) mass is 877 g/mol. The highest BCUT2D eigenvalue weighted by Gasteiger charge is 2.52. The summed E-state index contributed by atoms with van der Waals surface area (Å²) in [4.78, 5) is 2.43. The van der Waals surface area contributed by atoms with E-state index in [0.29, 0.717) is 0 Å². The molecule has 0 aromatic heterocycles. The number of anilines is 3. The van der Waals surface area contributed by atoms with Gasteiger partial charge in [0.1, 0.15) is 0 Å². The summed E-state index contributed by atoms with van der Waals surface area (Å²) in [7, 11) is 0. The average Bonchev–Trinajstić information content (AvgIpc) is 3.85. The Balaban J connectivity index is 1.04. The Morgan fingerprint density at radius 1 is 0.290 bits per heavy atom. The standard InChI is InChI=1S/C68H47N/c1-3-53-60-44-43-52(45-66(60)68(61(53)4-2)64-33-19-15-29-58(64)59-30-16-20-34-65(59)68)69(50-39-35-47(36-40-50)46-21-7-5-8-22-46)51-41-37-49(38-42-51)67(48-23-9-6-10-24-48)62-31-17-13-27-56(62)54-25-11-12-26-55(54)57-28-14-18-32-63(57)67/h3-45H,1-2H2. The fourth-order valence-corrected chi connectivity index (χ4v) is 12.4. The molecular weight excluding hydrogens is 831 g/mol. The molecule has 0 fully saturated rings. The third kappa shape index (κ3) is 5.78. The minimum Gasteiger partial charge on any atom is -0.310 e. The molecule has 0 saturated heterocycles. The van der Waals surface area contributed by atoms with Crippen molar-refractivity contribution in [3.63, 3.8) is 0 Å². The lowest BCUT2D eigenvalue weighted by Crippen LogP contribution is -2.31. The minimum absolute atomic E-state index is 0.559. The molecule has 69 heavy (non-hydrogen) atoms. The van der Waals surface area contributed by atoms with Crippen LogP contribution in [-0.2, 0) is 10.8 Å². The number of fused-ring (bicyclic) bond motifs is 12. The van der Waals surface area contributed by atoms with Gasteiger partial charge >= 0.3 is 0 Å². The molecule has 0 atom stereocenters. The third-order valence-corrected chi connectivity index (χ3v) is 15.2. The van der Waals surface area contributed by atoms with Crippen LogP contribution in [0.25, 0.3) is 50.1 Å². The Kier molecular flexibility index (Phi) is 9.35. The summed E-state index contributed by atoms with van der Waals surface area (Å²) >= 11 is 0.